The van der Waals surface area contributed by atoms with E-state index in [4.69, 9.17) is 4.74 Å². The van der Waals surface area contributed by atoms with E-state index < -0.39 is 0 Å². The van der Waals surface area contributed by atoms with Crippen LogP contribution >= 0.6 is 0 Å². The largest absolute Gasteiger partial charge is 0.494 e. The smallest absolute Gasteiger partial charge is 0.274 e. The minimum absolute atomic E-state index is 0.234. The molecule has 0 bridgehead atoms. The van der Waals surface area contributed by atoms with Gasteiger partial charge in [0.2, 0.25) is 0 Å². The first-order valence-corrected chi connectivity index (χ1v) is 8.30. The van der Waals surface area contributed by atoms with E-state index in [-0.39, 0.29) is 5.91 Å². The minimum Gasteiger partial charge on any atom is -0.494 e. The molecule has 3 rings (SSSR count). The van der Waals surface area contributed by atoms with Gasteiger partial charge in [-0.25, -0.2) is 0 Å². The number of rotatable bonds is 7. The van der Waals surface area contributed by atoms with Crippen LogP contribution in [0.5, 0.6) is 5.75 Å². The number of nitrogens with one attached hydrogen (secondary N) is 1. The van der Waals surface area contributed by atoms with E-state index in [1.54, 1.807) is 24.4 Å². The number of carbonyl (C=O) groups excluding carboxylic acids is 1. The Labute approximate surface area is 147 Å². The molecule has 0 fully saturated rings. The molecule has 1 aromatic heterocycles. The molecule has 0 spiro atoms. The molecule has 0 aliphatic carbocycles. The summed E-state index contributed by atoms with van der Waals surface area (Å²) in [5.74, 6) is 0.508. The third-order valence-electron chi connectivity index (χ3n) is 3.71. The molecule has 25 heavy (non-hydrogen) atoms. The molecule has 0 unspecified atom stereocenters. The summed E-state index contributed by atoms with van der Waals surface area (Å²) in [6, 6.07) is 23.0. The summed E-state index contributed by atoms with van der Waals surface area (Å²) in [4.78, 5) is 16.2. The Balaban J connectivity index is 1.50. The van der Waals surface area contributed by atoms with Crippen LogP contribution in [0.3, 0.4) is 0 Å². The van der Waals surface area contributed by atoms with Crippen LogP contribution in [0.1, 0.15) is 22.5 Å². The van der Waals surface area contributed by atoms with Gasteiger partial charge in [0.15, 0.2) is 0 Å². The molecule has 4 nitrogen and oxygen atoms in total. The van der Waals surface area contributed by atoms with Crippen molar-refractivity contribution in [2.45, 2.75) is 12.8 Å². The molecule has 1 heterocycles. The second-order valence-electron chi connectivity index (χ2n) is 5.63. The number of hydrogen-bond donors (Lipinski definition) is 1. The summed E-state index contributed by atoms with van der Waals surface area (Å²) in [5.41, 5.74) is 2.38. The lowest BCUT2D eigenvalue weighted by atomic mass is 10.1. The van der Waals surface area contributed by atoms with Crippen LogP contribution in [0.15, 0.2) is 79.0 Å². The van der Waals surface area contributed by atoms with Crippen molar-refractivity contribution in [3.63, 3.8) is 0 Å². The molecule has 126 valence electrons. The van der Waals surface area contributed by atoms with Gasteiger partial charge in [0.1, 0.15) is 11.4 Å². The summed E-state index contributed by atoms with van der Waals surface area (Å²) in [6.07, 6.45) is 3.52. The number of amides is 1. The fourth-order valence-corrected chi connectivity index (χ4v) is 2.47. The number of benzene rings is 2. The Morgan fingerprint density at radius 1 is 0.960 bits per heavy atom. The number of aryl methyl sites for hydroxylation is 1. The van der Waals surface area contributed by atoms with Crippen molar-refractivity contribution in [2.75, 3.05) is 11.9 Å². The third kappa shape index (κ3) is 5.18. The standard InChI is InChI=1S/C21H20N2O2/c24-21(20-13-4-5-14-22-20)23-18-11-6-12-19(16-18)25-15-7-10-17-8-2-1-3-9-17/h1-6,8-9,11-14,16H,7,10,15H2,(H,23,24). The summed E-state index contributed by atoms with van der Waals surface area (Å²) in [5, 5.41) is 2.83. The number of anilines is 1. The maximum atomic E-state index is 12.1. The van der Waals surface area contributed by atoms with Crippen molar-refractivity contribution in [2.24, 2.45) is 0 Å². The Kier molecular flexibility index (Phi) is 5.77. The van der Waals surface area contributed by atoms with Crippen molar-refractivity contribution < 1.29 is 9.53 Å². The first-order chi connectivity index (χ1) is 12.3. The van der Waals surface area contributed by atoms with Crippen LogP contribution in [-0.2, 0) is 6.42 Å². The van der Waals surface area contributed by atoms with E-state index in [9.17, 15) is 4.79 Å². The van der Waals surface area contributed by atoms with Gasteiger partial charge >= 0.3 is 0 Å². The van der Waals surface area contributed by atoms with Crippen LogP contribution in [0, 0.1) is 0 Å². The molecule has 0 saturated carbocycles. The number of aromatic nitrogens is 1. The monoisotopic (exact) mass is 332 g/mol. The highest BCUT2D eigenvalue weighted by Gasteiger charge is 2.07. The van der Waals surface area contributed by atoms with E-state index in [0.717, 1.165) is 18.6 Å². The second kappa shape index (κ2) is 8.64. The van der Waals surface area contributed by atoms with Gasteiger partial charge in [0.05, 0.1) is 6.61 Å². The highest BCUT2D eigenvalue weighted by molar-refractivity contribution is 6.02. The molecule has 0 atom stereocenters. The molecular formula is C21H20N2O2. The normalized spacial score (nSPS) is 10.2. The van der Waals surface area contributed by atoms with Gasteiger partial charge in [0.25, 0.3) is 5.91 Å². The van der Waals surface area contributed by atoms with E-state index >= 15 is 0 Å². The molecule has 1 N–H and O–H groups in total. The fourth-order valence-electron chi connectivity index (χ4n) is 2.47. The molecule has 0 aliphatic rings. The molecule has 0 aliphatic heterocycles. The first-order valence-electron chi connectivity index (χ1n) is 8.30. The number of carbonyl (C=O) groups is 1. The molecule has 2 aromatic carbocycles. The predicted molar refractivity (Wildman–Crippen MR) is 98.9 cm³/mol. The third-order valence-corrected chi connectivity index (χ3v) is 3.71. The van der Waals surface area contributed by atoms with E-state index in [0.29, 0.717) is 18.0 Å². The molecular weight excluding hydrogens is 312 g/mol. The second-order valence-corrected chi connectivity index (χ2v) is 5.63. The van der Waals surface area contributed by atoms with Crippen LogP contribution in [0.2, 0.25) is 0 Å². The van der Waals surface area contributed by atoms with Crippen LogP contribution in [-0.4, -0.2) is 17.5 Å². The van der Waals surface area contributed by atoms with Crippen LogP contribution in [0.4, 0.5) is 5.69 Å². The van der Waals surface area contributed by atoms with Crippen LogP contribution < -0.4 is 10.1 Å². The van der Waals surface area contributed by atoms with Gasteiger partial charge in [-0.3, -0.25) is 9.78 Å². The predicted octanol–water partition coefficient (Wildman–Crippen LogP) is 4.35. The van der Waals surface area contributed by atoms with E-state index in [1.165, 1.54) is 5.56 Å². The lowest BCUT2D eigenvalue weighted by molar-refractivity contribution is 0.102. The summed E-state index contributed by atoms with van der Waals surface area (Å²) in [6.45, 7) is 0.631. The number of pyridine rings is 1. The average Bonchev–Trinajstić information content (AvgIpc) is 2.67. The molecule has 3 aromatic rings. The first kappa shape index (κ1) is 16.7. The van der Waals surface area contributed by atoms with E-state index in [2.05, 4.69) is 22.4 Å². The lowest BCUT2D eigenvalue weighted by Crippen LogP contribution is -2.13. The van der Waals surface area contributed by atoms with Gasteiger partial charge in [-0.1, -0.05) is 42.5 Å². The summed E-state index contributed by atoms with van der Waals surface area (Å²) < 4.78 is 5.79. The van der Waals surface area contributed by atoms with Crippen molar-refractivity contribution in [1.82, 2.24) is 4.98 Å². The minimum atomic E-state index is -0.234. The van der Waals surface area contributed by atoms with Crippen LogP contribution in [0.25, 0.3) is 0 Å². The zero-order valence-corrected chi connectivity index (χ0v) is 13.9. The van der Waals surface area contributed by atoms with Gasteiger partial charge in [0, 0.05) is 18.0 Å². The van der Waals surface area contributed by atoms with E-state index in [1.807, 2.05) is 42.5 Å². The van der Waals surface area contributed by atoms with Gasteiger partial charge in [-0.2, -0.15) is 0 Å². The Morgan fingerprint density at radius 2 is 1.80 bits per heavy atom. The van der Waals surface area contributed by atoms with Gasteiger partial charge in [-0.05, 0) is 42.7 Å². The maximum Gasteiger partial charge on any atom is 0.274 e. The summed E-state index contributed by atoms with van der Waals surface area (Å²) >= 11 is 0. The SMILES string of the molecule is O=C(Nc1cccc(OCCCc2ccccc2)c1)c1ccccn1. The number of ether oxygens (including phenoxy) is 1. The number of hydrogen-bond acceptors (Lipinski definition) is 3. The molecule has 4 heteroatoms. The maximum absolute atomic E-state index is 12.1. The Bertz CT molecular complexity index is 804. The highest BCUT2D eigenvalue weighted by atomic mass is 16.5. The fraction of sp³-hybridized carbons (Fsp3) is 0.143. The Hall–Kier alpha value is -3.14. The molecule has 0 radical (unpaired) electrons. The van der Waals surface area contributed by atoms with Crippen molar-refractivity contribution in [3.8, 4) is 5.75 Å². The molecule has 1 amide bonds. The Morgan fingerprint density at radius 3 is 2.60 bits per heavy atom. The average molecular weight is 332 g/mol. The van der Waals surface area contributed by atoms with Crippen molar-refractivity contribution in [3.05, 3.63) is 90.3 Å². The zero-order valence-electron chi connectivity index (χ0n) is 13.9. The zero-order chi connectivity index (χ0) is 17.3. The van der Waals surface area contributed by atoms with Gasteiger partial charge in [-0.15, -0.1) is 0 Å². The number of nitrogens with zero attached hydrogens (tertiary/aromatic N) is 1. The summed E-state index contributed by atoms with van der Waals surface area (Å²) in [7, 11) is 0. The van der Waals surface area contributed by atoms with Crippen molar-refractivity contribution >= 4 is 11.6 Å². The lowest BCUT2D eigenvalue weighted by Gasteiger charge is -2.09. The quantitative estimate of drug-likeness (QED) is 0.655. The molecule has 0 saturated heterocycles. The van der Waals surface area contributed by atoms with Gasteiger partial charge < -0.3 is 10.1 Å². The highest BCUT2D eigenvalue weighted by Crippen LogP contribution is 2.18. The van der Waals surface area contributed by atoms with Crippen molar-refractivity contribution in [1.29, 1.82) is 0 Å². The topological polar surface area (TPSA) is 51.2 Å².